The predicted molar refractivity (Wildman–Crippen MR) is 84.3 cm³/mol. The van der Waals surface area contributed by atoms with Gasteiger partial charge in [-0.1, -0.05) is 35.5 Å². The molecule has 20 heavy (non-hydrogen) atoms. The van der Waals surface area contributed by atoms with E-state index in [2.05, 4.69) is 29.0 Å². The first-order valence-electron chi connectivity index (χ1n) is 6.28. The van der Waals surface area contributed by atoms with Crippen molar-refractivity contribution >= 4 is 34.4 Å². The minimum Gasteiger partial charge on any atom is -0.333 e. The predicted octanol–water partition coefficient (Wildman–Crippen LogP) is 4.13. The summed E-state index contributed by atoms with van der Waals surface area (Å²) in [5, 5.41) is 1.55. The van der Waals surface area contributed by atoms with Gasteiger partial charge in [0.25, 0.3) is 0 Å². The number of hydrogen-bond donors (Lipinski definition) is 2. The van der Waals surface area contributed by atoms with Gasteiger partial charge in [-0.15, -0.1) is 0 Å². The number of aryl methyl sites for hydroxylation is 1. The van der Waals surface area contributed by atoms with Gasteiger partial charge >= 0.3 is 0 Å². The highest BCUT2D eigenvalue weighted by Gasteiger charge is 2.08. The summed E-state index contributed by atoms with van der Waals surface area (Å²) in [6, 6.07) is 11.9. The second kappa shape index (κ2) is 5.48. The molecule has 0 radical (unpaired) electrons. The number of imidazole rings is 1. The summed E-state index contributed by atoms with van der Waals surface area (Å²) in [4.78, 5) is 8.94. The van der Waals surface area contributed by atoms with Crippen LogP contribution in [0, 0.1) is 6.92 Å². The highest BCUT2D eigenvalue weighted by Crippen LogP contribution is 2.32. The van der Waals surface area contributed by atoms with Crippen LogP contribution in [0.3, 0.4) is 0 Å². The van der Waals surface area contributed by atoms with Gasteiger partial charge < -0.3 is 10.7 Å². The molecule has 0 bridgehead atoms. The molecule has 3 N–H and O–H groups in total. The second-order valence-electron chi connectivity index (χ2n) is 4.62. The maximum absolute atomic E-state index is 6.05. The Morgan fingerprint density at radius 3 is 2.90 bits per heavy atom. The molecule has 0 saturated carbocycles. The number of H-pyrrole nitrogens is 1. The van der Waals surface area contributed by atoms with Crippen LogP contribution in [0.15, 0.2) is 46.5 Å². The molecule has 0 unspecified atom stereocenters. The monoisotopic (exact) mass is 303 g/mol. The molecule has 2 aromatic carbocycles. The van der Waals surface area contributed by atoms with Gasteiger partial charge in [-0.3, -0.25) is 0 Å². The van der Waals surface area contributed by atoms with Crippen LogP contribution >= 0.6 is 23.4 Å². The molecule has 5 heteroatoms. The number of fused-ring (bicyclic) bond motifs is 1. The van der Waals surface area contributed by atoms with Crippen molar-refractivity contribution in [3.05, 3.63) is 52.5 Å². The van der Waals surface area contributed by atoms with Crippen LogP contribution in [-0.2, 0) is 6.54 Å². The lowest BCUT2D eigenvalue weighted by atomic mass is 10.2. The number of aromatic amines is 1. The van der Waals surface area contributed by atoms with Crippen LogP contribution in [0.25, 0.3) is 11.0 Å². The number of hydrogen-bond acceptors (Lipinski definition) is 3. The summed E-state index contributed by atoms with van der Waals surface area (Å²) in [6.07, 6.45) is 0. The Morgan fingerprint density at radius 1 is 1.25 bits per heavy atom. The lowest BCUT2D eigenvalue weighted by Gasteiger charge is -2.05. The summed E-state index contributed by atoms with van der Waals surface area (Å²) in [7, 11) is 0. The minimum absolute atomic E-state index is 0.485. The number of aromatic nitrogens is 2. The largest absolute Gasteiger partial charge is 0.333 e. The van der Waals surface area contributed by atoms with Crippen LogP contribution in [0.5, 0.6) is 0 Å². The molecule has 102 valence electrons. The fourth-order valence-electron chi connectivity index (χ4n) is 2.04. The Hall–Kier alpha value is -1.49. The Morgan fingerprint density at radius 2 is 2.10 bits per heavy atom. The van der Waals surface area contributed by atoms with E-state index < -0.39 is 0 Å². The SMILES string of the molecule is Cc1ccc2nc(Sc3cc(Cl)ccc3CN)[nH]c2c1. The van der Waals surface area contributed by atoms with Gasteiger partial charge in [0.05, 0.1) is 11.0 Å². The Bertz CT molecular complexity index is 767. The standard InChI is InChI=1S/C15H14ClN3S/c1-9-2-5-12-13(6-9)19-15(18-12)20-14-7-11(16)4-3-10(14)8-17/h2-7H,8,17H2,1H3,(H,18,19). The quantitative estimate of drug-likeness (QED) is 0.765. The summed E-state index contributed by atoms with van der Waals surface area (Å²) in [5.74, 6) is 0. The van der Waals surface area contributed by atoms with Crippen molar-refractivity contribution in [2.45, 2.75) is 23.5 Å². The third-order valence-corrected chi connectivity index (χ3v) is 4.29. The molecule has 3 aromatic rings. The molecule has 0 aliphatic carbocycles. The lowest BCUT2D eigenvalue weighted by molar-refractivity contribution is 1.02. The summed E-state index contributed by atoms with van der Waals surface area (Å²) >= 11 is 7.61. The first-order valence-corrected chi connectivity index (χ1v) is 7.48. The van der Waals surface area contributed by atoms with E-state index in [0.717, 1.165) is 26.6 Å². The maximum Gasteiger partial charge on any atom is 0.171 e. The molecule has 1 heterocycles. The maximum atomic E-state index is 6.05. The molecule has 0 fully saturated rings. The van der Waals surface area contributed by atoms with Gasteiger partial charge in [0.2, 0.25) is 0 Å². The molecule has 1 aromatic heterocycles. The molecule has 0 aliphatic heterocycles. The lowest BCUT2D eigenvalue weighted by Crippen LogP contribution is -1.98. The fraction of sp³-hybridized carbons (Fsp3) is 0.133. The van der Waals surface area contributed by atoms with E-state index >= 15 is 0 Å². The molecular formula is C15H14ClN3S. The van der Waals surface area contributed by atoms with E-state index in [4.69, 9.17) is 17.3 Å². The van der Waals surface area contributed by atoms with E-state index in [-0.39, 0.29) is 0 Å². The second-order valence-corrected chi connectivity index (χ2v) is 6.09. The summed E-state index contributed by atoms with van der Waals surface area (Å²) in [5.41, 5.74) is 10.1. The van der Waals surface area contributed by atoms with Crippen molar-refractivity contribution in [2.75, 3.05) is 0 Å². The van der Waals surface area contributed by atoms with Crippen molar-refractivity contribution in [3.8, 4) is 0 Å². The molecule has 3 rings (SSSR count). The van der Waals surface area contributed by atoms with E-state index in [9.17, 15) is 0 Å². The van der Waals surface area contributed by atoms with Crippen LogP contribution in [0.2, 0.25) is 5.02 Å². The number of rotatable bonds is 3. The van der Waals surface area contributed by atoms with Gasteiger partial charge in [0.15, 0.2) is 5.16 Å². The van der Waals surface area contributed by atoms with Gasteiger partial charge in [0.1, 0.15) is 0 Å². The molecule has 0 spiro atoms. The molecule has 3 nitrogen and oxygen atoms in total. The third kappa shape index (κ3) is 2.68. The van der Waals surface area contributed by atoms with Gasteiger partial charge in [0, 0.05) is 16.5 Å². The van der Waals surface area contributed by atoms with Gasteiger partial charge in [-0.05, 0) is 42.3 Å². The van der Waals surface area contributed by atoms with Crippen LogP contribution in [0.4, 0.5) is 0 Å². The van der Waals surface area contributed by atoms with Crippen molar-refractivity contribution in [1.82, 2.24) is 9.97 Å². The van der Waals surface area contributed by atoms with E-state index in [1.165, 1.54) is 5.56 Å². The Labute approximate surface area is 126 Å². The number of nitrogens with zero attached hydrogens (tertiary/aromatic N) is 1. The zero-order chi connectivity index (χ0) is 14.1. The van der Waals surface area contributed by atoms with Crippen molar-refractivity contribution in [2.24, 2.45) is 5.73 Å². The zero-order valence-electron chi connectivity index (χ0n) is 11.0. The first-order chi connectivity index (χ1) is 9.65. The number of nitrogens with one attached hydrogen (secondary N) is 1. The number of nitrogens with two attached hydrogens (primary N) is 1. The van der Waals surface area contributed by atoms with Crippen LogP contribution in [0.1, 0.15) is 11.1 Å². The molecule has 0 amide bonds. The Kier molecular flexibility index (Phi) is 3.70. The topological polar surface area (TPSA) is 54.7 Å². The van der Waals surface area contributed by atoms with Crippen molar-refractivity contribution < 1.29 is 0 Å². The molecule has 0 saturated heterocycles. The first kappa shape index (κ1) is 13.5. The van der Waals surface area contributed by atoms with Crippen molar-refractivity contribution in [3.63, 3.8) is 0 Å². The smallest absolute Gasteiger partial charge is 0.171 e. The van der Waals surface area contributed by atoms with Crippen LogP contribution < -0.4 is 5.73 Å². The van der Waals surface area contributed by atoms with E-state index in [1.54, 1.807) is 11.8 Å². The average Bonchev–Trinajstić information content (AvgIpc) is 2.80. The fourth-order valence-corrected chi connectivity index (χ4v) is 3.26. The van der Waals surface area contributed by atoms with Gasteiger partial charge in [-0.2, -0.15) is 0 Å². The molecule has 0 atom stereocenters. The highest BCUT2D eigenvalue weighted by molar-refractivity contribution is 7.99. The normalized spacial score (nSPS) is 11.2. The van der Waals surface area contributed by atoms with Crippen LogP contribution in [-0.4, -0.2) is 9.97 Å². The number of halogens is 1. The Balaban J connectivity index is 1.98. The zero-order valence-corrected chi connectivity index (χ0v) is 12.6. The highest BCUT2D eigenvalue weighted by atomic mass is 35.5. The van der Waals surface area contributed by atoms with E-state index in [1.807, 2.05) is 24.3 Å². The third-order valence-electron chi connectivity index (χ3n) is 3.07. The van der Waals surface area contributed by atoms with Gasteiger partial charge in [-0.25, -0.2) is 4.98 Å². The van der Waals surface area contributed by atoms with E-state index in [0.29, 0.717) is 11.6 Å². The summed E-state index contributed by atoms with van der Waals surface area (Å²) < 4.78 is 0. The average molecular weight is 304 g/mol. The minimum atomic E-state index is 0.485. The number of benzene rings is 2. The van der Waals surface area contributed by atoms with Crippen molar-refractivity contribution in [1.29, 1.82) is 0 Å². The summed E-state index contributed by atoms with van der Waals surface area (Å²) in [6.45, 7) is 2.55. The molecular weight excluding hydrogens is 290 g/mol. The molecule has 0 aliphatic rings.